The molecule has 146 valence electrons. The second-order valence-corrected chi connectivity index (χ2v) is 7.85. The fourth-order valence-corrected chi connectivity index (χ4v) is 4.61. The number of fused-ring (bicyclic) bond motifs is 1. The van der Waals surface area contributed by atoms with E-state index in [1.807, 2.05) is 23.2 Å². The van der Waals surface area contributed by atoms with Crippen molar-refractivity contribution in [3.05, 3.63) is 53.9 Å². The third-order valence-electron chi connectivity index (χ3n) is 6.08. The molecule has 5 rings (SSSR count). The summed E-state index contributed by atoms with van der Waals surface area (Å²) in [4.78, 5) is 21.5. The molecule has 6 nitrogen and oxygen atoms in total. The molecule has 4 heterocycles. The van der Waals surface area contributed by atoms with Gasteiger partial charge in [-0.1, -0.05) is 18.2 Å². The largest absolute Gasteiger partial charge is 0.347 e. The Labute approximate surface area is 165 Å². The predicted molar refractivity (Wildman–Crippen MR) is 106 cm³/mol. The van der Waals surface area contributed by atoms with E-state index in [-0.39, 0.29) is 5.91 Å². The Bertz CT molecular complexity index is 867. The molecule has 1 unspecified atom stereocenters. The number of piperidine rings is 1. The quantitative estimate of drug-likeness (QED) is 0.802. The maximum atomic E-state index is 12.9. The molecule has 3 aliphatic rings. The molecule has 0 aliphatic carbocycles. The molecule has 6 heteroatoms. The molecule has 28 heavy (non-hydrogen) atoms. The van der Waals surface area contributed by atoms with Crippen molar-refractivity contribution in [1.29, 1.82) is 0 Å². The van der Waals surface area contributed by atoms with E-state index >= 15 is 0 Å². The first kappa shape index (κ1) is 17.6. The van der Waals surface area contributed by atoms with Crippen molar-refractivity contribution in [3.8, 4) is 0 Å². The monoisotopic (exact) mass is 379 g/mol. The number of hydrogen-bond acceptors (Lipinski definition) is 5. The third kappa shape index (κ3) is 2.97. The molecule has 1 atom stereocenters. The Balaban J connectivity index is 1.30. The summed E-state index contributed by atoms with van der Waals surface area (Å²) in [5, 5.41) is 0. The zero-order valence-electron chi connectivity index (χ0n) is 16.1. The van der Waals surface area contributed by atoms with E-state index in [1.54, 1.807) is 0 Å². The van der Waals surface area contributed by atoms with E-state index in [1.165, 1.54) is 11.3 Å². The van der Waals surface area contributed by atoms with Crippen LogP contribution in [0.2, 0.25) is 0 Å². The summed E-state index contributed by atoms with van der Waals surface area (Å²) in [6.07, 6.45) is 4.29. The fourth-order valence-electron chi connectivity index (χ4n) is 4.61. The normalized spacial score (nSPS) is 23.2. The van der Waals surface area contributed by atoms with Crippen LogP contribution in [0, 0.1) is 0 Å². The van der Waals surface area contributed by atoms with Crippen molar-refractivity contribution in [2.24, 2.45) is 0 Å². The molecule has 1 spiro atoms. The zero-order chi connectivity index (χ0) is 19.1. The highest BCUT2D eigenvalue weighted by Gasteiger charge is 2.41. The highest BCUT2D eigenvalue weighted by atomic mass is 16.7. The van der Waals surface area contributed by atoms with E-state index in [0.717, 1.165) is 24.9 Å². The van der Waals surface area contributed by atoms with Gasteiger partial charge in [0.05, 0.1) is 25.1 Å². The van der Waals surface area contributed by atoms with Crippen molar-refractivity contribution < 1.29 is 14.3 Å². The summed E-state index contributed by atoms with van der Waals surface area (Å²) in [6.45, 7) is 4.79. The highest BCUT2D eigenvalue weighted by Crippen LogP contribution is 2.38. The van der Waals surface area contributed by atoms with Gasteiger partial charge in [0.15, 0.2) is 5.79 Å². The number of nitrogens with zero attached hydrogens (tertiary/aromatic N) is 3. The summed E-state index contributed by atoms with van der Waals surface area (Å²) in [5.41, 5.74) is 4.11. The van der Waals surface area contributed by atoms with Gasteiger partial charge in [-0.15, -0.1) is 0 Å². The molecule has 0 radical (unpaired) electrons. The van der Waals surface area contributed by atoms with Crippen LogP contribution < -0.4 is 4.90 Å². The third-order valence-corrected chi connectivity index (χ3v) is 6.08. The topological polar surface area (TPSA) is 54.9 Å². The smallest absolute Gasteiger partial charge is 0.272 e. The van der Waals surface area contributed by atoms with Gasteiger partial charge in [0.25, 0.3) is 5.91 Å². The lowest BCUT2D eigenvalue weighted by atomic mass is 10.0. The van der Waals surface area contributed by atoms with Gasteiger partial charge in [-0.05, 0) is 37.1 Å². The number of amides is 1. The van der Waals surface area contributed by atoms with Crippen molar-refractivity contribution in [1.82, 2.24) is 9.88 Å². The van der Waals surface area contributed by atoms with Crippen molar-refractivity contribution >= 4 is 17.3 Å². The number of carbonyl (C=O) groups is 1. The lowest BCUT2D eigenvalue weighted by Gasteiger charge is -2.37. The van der Waals surface area contributed by atoms with Crippen LogP contribution in [0.5, 0.6) is 0 Å². The number of aromatic nitrogens is 1. The van der Waals surface area contributed by atoms with Gasteiger partial charge in [0, 0.05) is 37.7 Å². The molecule has 1 aromatic carbocycles. The van der Waals surface area contributed by atoms with Crippen LogP contribution in [0.1, 0.15) is 35.8 Å². The summed E-state index contributed by atoms with van der Waals surface area (Å²) < 4.78 is 11.5. The zero-order valence-corrected chi connectivity index (χ0v) is 16.1. The van der Waals surface area contributed by atoms with Gasteiger partial charge in [0.1, 0.15) is 5.69 Å². The minimum atomic E-state index is -0.465. The summed E-state index contributed by atoms with van der Waals surface area (Å²) in [7, 11) is 0. The van der Waals surface area contributed by atoms with Gasteiger partial charge in [-0.25, -0.2) is 4.98 Å². The Hall–Kier alpha value is -2.44. The van der Waals surface area contributed by atoms with Gasteiger partial charge in [-0.3, -0.25) is 4.79 Å². The maximum Gasteiger partial charge on any atom is 0.272 e. The number of benzene rings is 1. The number of ether oxygens (including phenoxy) is 2. The average Bonchev–Trinajstić information content (AvgIpc) is 3.32. The minimum Gasteiger partial charge on any atom is -0.347 e. The first-order valence-corrected chi connectivity index (χ1v) is 10.1. The Morgan fingerprint density at radius 2 is 1.86 bits per heavy atom. The molecule has 2 aromatic rings. The molecule has 0 N–H and O–H groups in total. The summed E-state index contributed by atoms with van der Waals surface area (Å²) >= 11 is 0. The summed E-state index contributed by atoms with van der Waals surface area (Å²) in [6, 6.07) is 12.7. The van der Waals surface area contributed by atoms with E-state index in [4.69, 9.17) is 9.47 Å². The first-order chi connectivity index (χ1) is 13.7. The van der Waals surface area contributed by atoms with Crippen molar-refractivity contribution in [2.75, 3.05) is 31.2 Å². The molecule has 1 aromatic heterocycles. The van der Waals surface area contributed by atoms with Crippen LogP contribution in [-0.4, -0.2) is 53.9 Å². The van der Waals surface area contributed by atoms with Gasteiger partial charge >= 0.3 is 0 Å². The van der Waals surface area contributed by atoms with E-state index in [0.29, 0.717) is 38.0 Å². The van der Waals surface area contributed by atoms with Crippen LogP contribution in [0.25, 0.3) is 0 Å². The molecular weight excluding hydrogens is 354 g/mol. The van der Waals surface area contributed by atoms with Gasteiger partial charge in [0.2, 0.25) is 0 Å². The molecule has 0 saturated carbocycles. The number of anilines is 2. The Morgan fingerprint density at radius 1 is 1.11 bits per heavy atom. The Morgan fingerprint density at radius 3 is 2.57 bits per heavy atom. The second kappa shape index (κ2) is 6.87. The molecule has 2 saturated heterocycles. The number of likely N-dealkylation sites (tertiary alicyclic amines) is 1. The molecule has 3 aliphatic heterocycles. The van der Waals surface area contributed by atoms with Crippen molar-refractivity contribution in [3.63, 3.8) is 0 Å². The Kier molecular flexibility index (Phi) is 4.33. The van der Waals surface area contributed by atoms with Crippen LogP contribution in [0.4, 0.5) is 11.4 Å². The number of para-hydroxylation sites is 1. The molecule has 1 amide bonds. The maximum absolute atomic E-state index is 12.9. The number of hydrogen-bond donors (Lipinski definition) is 0. The number of rotatable bonds is 2. The SMILES string of the molecule is CC1Cc2ccccc2N1c1ccc(C(=O)N2CCC3(CC2)OCCO3)nc1. The fraction of sp³-hybridized carbons (Fsp3) is 0.455. The van der Waals surface area contributed by atoms with Gasteiger partial charge < -0.3 is 19.3 Å². The molecular formula is C22H25N3O3. The van der Waals surface area contributed by atoms with Crippen LogP contribution in [-0.2, 0) is 15.9 Å². The van der Waals surface area contributed by atoms with Crippen molar-refractivity contribution in [2.45, 2.75) is 38.0 Å². The van der Waals surface area contributed by atoms with Crippen LogP contribution in [0.15, 0.2) is 42.6 Å². The van der Waals surface area contributed by atoms with Gasteiger partial charge in [-0.2, -0.15) is 0 Å². The summed E-state index contributed by atoms with van der Waals surface area (Å²) in [5.74, 6) is -0.484. The number of pyridine rings is 1. The predicted octanol–water partition coefficient (Wildman–Crippen LogP) is 3.14. The second-order valence-electron chi connectivity index (χ2n) is 7.85. The molecule has 0 bridgehead atoms. The lowest BCUT2D eigenvalue weighted by molar-refractivity contribution is -0.181. The standard InChI is InChI=1S/C22H25N3O3/c1-16-14-17-4-2-3-5-20(17)25(16)18-6-7-19(23-15-18)21(26)24-10-8-22(9-11-24)27-12-13-28-22/h2-7,15-16H,8-14H2,1H3. The first-order valence-electron chi connectivity index (χ1n) is 10.1. The van der Waals surface area contributed by atoms with E-state index in [9.17, 15) is 4.79 Å². The number of carbonyl (C=O) groups excluding carboxylic acids is 1. The lowest BCUT2D eigenvalue weighted by Crippen LogP contribution is -2.47. The minimum absolute atomic E-state index is 0.0192. The van der Waals surface area contributed by atoms with Crippen LogP contribution >= 0.6 is 0 Å². The van der Waals surface area contributed by atoms with Crippen LogP contribution in [0.3, 0.4) is 0 Å². The highest BCUT2D eigenvalue weighted by molar-refractivity contribution is 5.92. The molecule has 2 fully saturated rings. The van der Waals surface area contributed by atoms with E-state index < -0.39 is 5.79 Å². The van der Waals surface area contributed by atoms with E-state index in [2.05, 4.69) is 41.1 Å². The average molecular weight is 379 g/mol.